The van der Waals surface area contributed by atoms with Crippen molar-refractivity contribution in [2.24, 2.45) is 0 Å². The Morgan fingerprint density at radius 3 is 2.35 bits per heavy atom. The molecule has 1 aliphatic carbocycles. The van der Waals surface area contributed by atoms with E-state index in [0.29, 0.717) is 0 Å². The van der Waals surface area contributed by atoms with Gasteiger partial charge < -0.3 is 0 Å². The van der Waals surface area contributed by atoms with Gasteiger partial charge in [0.05, 0.1) is 0 Å². The molecule has 1 aliphatic rings. The normalized spacial score (nSPS) is 12.9. The van der Waals surface area contributed by atoms with Crippen LogP contribution in [0.1, 0.15) is 11.1 Å². The SMILES string of the molecule is C=CC(C(=C)c1ccccc1C)=C1C=CC=C1. The van der Waals surface area contributed by atoms with Crippen molar-refractivity contribution in [3.63, 3.8) is 0 Å². The Morgan fingerprint density at radius 2 is 1.76 bits per heavy atom. The van der Waals surface area contributed by atoms with Gasteiger partial charge in [-0.3, -0.25) is 0 Å². The van der Waals surface area contributed by atoms with Gasteiger partial charge in [0, 0.05) is 0 Å². The minimum absolute atomic E-state index is 1.03. The predicted molar refractivity (Wildman–Crippen MR) is 75.7 cm³/mol. The maximum Gasteiger partial charge on any atom is -0.0117 e. The van der Waals surface area contributed by atoms with Gasteiger partial charge in [0.1, 0.15) is 0 Å². The second-order valence-electron chi connectivity index (χ2n) is 4.08. The largest absolute Gasteiger partial charge is 0.0984 e. The van der Waals surface area contributed by atoms with Crippen molar-refractivity contribution in [2.75, 3.05) is 0 Å². The Bertz CT molecular complexity index is 537. The molecular formula is C17H16. The topological polar surface area (TPSA) is 0 Å². The molecule has 0 radical (unpaired) electrons. The van der Waals surface area contributed by atoms with Crippen LogP contribution in [0.15, 0.2) is 78.9 Å². The zero-order chi connectivity index (χ0) is 12.3. The predicted octanol–water partition coefficient (Wildman–Crippen LogP) is 4.62. The minimum atomic E-state index is 1.03. The lowest BCUT2D eigenvalue weighted by Gasteiger charge is -2.11. The van der Waals surface area contributed by atoms with Gasteiger partial charge in [-0.1, -0.05) is 67.8 Å². The summed E-state index contributed by atoms with van der Waals surface area (Å²) in [6.07, 6.45) is 10.1. The molecule has 1 aromatic rings. The molecule has 0 N–H and O–H groups in total. The van der Waals surface area contributed by atoms with E-state index in [1.165, 1.54) is 16.7 Å². The van der Waals surface area contributed by atoms with Crippen molar-refractivity contribution in [1.29, 1.82) is 0 Å². The number of hydrogen-bond donors (Lipinski definition) is 0. The van der Waals surface area contributed by atoms with E-state index in [2.05, 4.69) is 44.4 Å². The van der Waals surface area contributed by atoms with Gasteiger partial charge >= 0.3 is 0 Å². The van der Waals surface area contributed by atoms with Crippen LogP contribution in [-0.4, -0.2) is 0 Å². The zero-order valence-corrected chi connectivity index (χ0v) is 10.1. The standard InChI is InChI=1S/C17H16/c1-4-16(15-10-6-7-11-15)14(3)17-12-8-5-9-13(17)2/h4-12H,1,3H2,2H3. The summed E-state index contributed by atoms with van der Waals surface area (Å²) in [5, 5.41) is 0. The van der Waals surface area contributed by atoms with E-state index in [4.69, 9.17) is 0 Å². The van der Waals surface area contributed by atoms with Crippen LogP contribution in [0.4, 0.5) is 0 Å². The molecule has 0 heteroatoms. The summed E-state index contributed by atoms with van der Waals surface area (Å²) < 4.78 is 0. The molecule has 0 unspecified atom stereocenters. The molecular weight excluding hydrogens is 204 g/mol. The van der Waals surface area contributed by atoms with Crippen LogP contribution >= 0.6 is 0 Å². The van der Waals surface area contributed by atoms with Crippen molar-refractivity contribution in [1.82, 2.24) is 0 Å². The number of hydrogen-bond acceptors (Lipinski definition) is 0. The van der Waals surface area contributed by atoms with E-state index in [9.17, 15) is 0 Å². The fourth-order valence-electron chi connectivity index (χ4n) is 2.03. The summed E-state index contributed by atoms with van der Waals surface area (Å²) in [5.74, 6) is 0. The first-order valence-electron chi connectivity index (χ1n) is 5.71. The zero-order valence-electron chi connectivity index (χ0n) is 10.1. The number of allylic oxidation sites excluding steroid dienone is 8. The molecule has 0 amide bonds. The van der Waals surface area contributed by atoms with Gasteiger partial charge in [-0.2, -0.15) is 0 Å². The molecule has 1 aromatic carbocycles. The molecule has 2 rings (SSSR count). The van der Waals surface area contributed by atoms with Crippen LogP contribution < -0.4 is 0 Å². The molecule has 0 saturated heterocycles. The van der Waals surface area contributed by atoms with E-state index in [1.807, 2.05) is 30.4 Å². The van der Waals surface area contributed by atoms with Crippen LogP contribution in [0.2, 0.25) is 0 Å². The Hall–Kier alpha value is -2.08. The van der Waals surface area contributed by atoms with Crippen LogP contribution in [0.25, 0.3) is 5.57 Å². The Kier molecular flexibility index (Phi) is 3.24. The minimum Gasteiger partial charge on any atom is -0.0984 e. The van der Waals surface area contributed by atoms with E-state index in [0.717, 1.165) is 11.1 Å². The quantitative estimate of drug-likeness (QED) is 0.697. The summed E-state index contributed by atoms with van der Waals surface area (Å²) in [6.45, 7) is 10.2. The second-order valence-corrected chi connectivity index (χ2v) is 4.08. The molecule has 0 spiro atoms. The fraction of sp³-hybridized carbons (Fsp3) is 0.0588. The van der Waals surface area contributed by atoms with Crippen molar-refractivity contribution in [3.8, 4) is 0 Å². The van der Waals surface area contributed by atoms with Gasteiger partial charge in [-0.25, -0.2) is 0 Å². The lowest BCUT2D eigenvalue weighted by Crippen LogP contribution is -1.91. The monoisotopic (exact) mass is 220 g/mol. The Balaban J connectivity index is 2.48. The van der Waals surface area contributed by atoms with Crippen LogP contribution in [-0.2, 0) is 0 Å². The molecule has 0 bridgehead atoms. The summed E-state index contributed by atoms with van der Waals surface area (Å²) in [7, 11) is 0. The van der Waals surface area contributed by atoms with E-state index in [-0.39, 0.29) is 0 Å². The first kappa shape index (κ1) is 11.4. The number of benzene rings is 1. The van der Waals surface area contributed by atoms with Crippen molar-refractivity contribution in [3.05, 3.63) is 90.1 Å². The van der Waals surface area contributed by atoms with Gasteiger partial charge in [0.15, 0.2) is 0 Å². The third-order valence-electron chi connectivity index (χ3n) is 2.97. The first-order chi connectivity index (χ1) is 8.24. The van der Waals surface area contributed by atoms with Crippen LogP contribution in [0.3, 0.4) is 0 Å². The molecule has 0 aromatic heterocycles. The summed E-state index contributed by atoms with van der Waals surface area (Å²) in [6, 6.07) is 8.29. The number of aryl methyl sites for hydroxylation is 1. The van der Waals surface area contributed by atoms with Gasteiger partial charge in [0.25, 0.3) is 0 Å². The van der Waals surface area contributed by atoms with Gasteiger partial charge in [0.2, 0.25) is 0 Å². The Morgan fingerprint density at radius 1 is 1.12 bits per heavy atom. The van der Waals surface area contributed by atoms with Gasteiger partial charge in [-0.05, 0) is 34.8 Å². The number of rotatable bonds is 3. The average molecular weight is 220 g/mol. The maximum atomic E-state index is 4.20. The lowest BCUT2D eigenvalue weighted by atomic mass is 9.93. The lowest BCUT2D eigenvalue weighted by molar-refractivity contribution is 1.41. The van der Waals surface area contributed by atoms with E-state index < -0.39 is 0 Å². The maximum absolute atomic E-state index is 4.20. The molecule has 84 valence electrons. The summed E-state index contributed by atoms with van der Waals surface area (Å²) in [4.78, 5) is 0. The molecule has 0 saturated carbocycles. The average Bonchev–Trinajstić information content (AvgIpc) is 2.84. The second kappa shape index (κ2) is 4.84. The summed E-state index contributed by atoms with van der Waals surface area (Å²) >= 11 is 0. The Labute approximate surface area is 103 Å². The highest BCUT2D eigenvalue weighted by molar-refractivity contribution is 5.84. The highest BCUT2D eigenvalue weighted by Gasteiger charge is 2.08. The molecule has 0 heterocycles. The first-order valence-corrected chi connectivity index (χ1v) is 5.71. The van der Waals surface area contributed by atoms with Crippen molar-refractivity contribution in [2.45, 2.75) is 6.92 Å². The van der Waals surface area contributed by atoms with E-state index in [1.54, 1.807) is 0 Å². The molecule has 0 nitrogen and oxygen atoms in total. The highest BCUT2D eigenvalue weighted by Crippen LogP contribution is 2.29. The third-order valence-corrected chi connectivity index (χ3v) is 2.97. The third kappa shape index (κ3) is 2.21. The molecule has 0 aliphatic heterocycles. The molecule has 0 atom stereocenters. The van der Waals surface area contributed by atoms with E-state index >= 15 is 0 Å². The van der Waals surface area contributed by atoms with Crippen LogP contribution in [0.5, 0.6) is 0 Å². The van der Waals surface area contributed by atoms with Gasteiger partial charge in [-0.15, -0.1) is 0 Å². The smallest absolute Gasteiger partial charge is 0.0117 e. The highest BCUT2D eigenvalue weighted by atomic mass is 14.1. The summed E-state index contributed by atoms with van der Waals surface area (Å²) in [5.41, 5.74) is 5.73. The molecule has 17 heavy (non-hydrogen) atoms. The van der Waals surface area contributed by atoms with Crippen molar-refractivity contribution < 1.29 is 0 Å². The molecule has 0 fully saturated rings. The van der Waals surface area contributed by atoms with Crippen molar-refractivity contribution >= 4 is 5.57 Å². The van der Waals surface area contributed by atoms with Crippen LogP contribution in [0, 0.1) is 6.92 Å². The fourth-order valence-corrected chi connectivity index (χ4v) is 2.03.